The molecule has 4 heteroatoms. The monoisotopic (exact) mass is 207 g/mol. The van der Waals surface area contributed by atoms with Crippen molar-refractivity contribution in [2.24, 2.45) is 5.92 Å². The fraction of sp³-hybridized carbons (Fsp3) is 0.636. The zero-order valence-electron chi connectivity index (χ0n) is 9.29. The summed E-state index contributed by atoms with van der Waals surface area (Å²) in [6, 6.07) is 1.58. The molecule has 1 aromatic heterocycles. The molecule has 1 fully saturated rings. The van der Waals surface area contributed by atoms with Crippen molar-refractivity contribution >= 4 is 5.82 Å². The molecule has 0 aliphatic heterocycles. The second kappa shape index (κ2) is 4.04. The first-order valence-electron chi connectivity index (χ1n) is 5.52. The van der Waals surface area contributed by atoms with E-state index in [1.54, 1.807) is 6.07 Å². The fourth-order valence-corrected chi connectivity index (χ4v) is 1.72. The van der Waals surface area contributed by atoms with Gasteiger partial charge in [0, 0.05) is 19.2 Å². The van der Waals surface area contributed by atoms with Gasteiger partial charge in [0.05, 0.1) is 0 Å². The smallest absolute Gasteiger partial charge is 0.252 e. The highest BCUT2D eigenvalue weighted by Gasteiger charge is 2.24. The summed E-state index contributed by atoms with van der Waals surface area (Å²) in [5, 5.41) is 0. The minimum absolute atomic E-state index is 0.0632. The first kappa shape index (κ1) is 10.2. The van der Waals surface area contributed by atoms with Crippen LogP contribution in [0.3, 0.4) is 0 Å². The standard InChI is InChI=1S/C11H17N3O/c1-3-14(7-9-4-5-9)10-6-11(15)13-8(2)12-10/h6,9H,3-5,7H2,1-2H3,(H,12,13,15). The van der Waals surface area contributed by atoms with Crippen LogP contribution in [0.1, 0.15) is 25.6 Å². The van der Waals surface area contributed by atoms with Gasteiger partial charge in [-0.15, -0.1) is 0 Å². The van der Waals surface area contributed by atoms with Crippen molar-refractivity contribution < 1.29 is 0 Å². The average molecular weight is 207 g/mol. The van der Waals surface area contributed by atoms with Gasteiger partial charge in [0.25, 0.3) is 5.56 Å². The predicted molar refractivity (Wildman–Crippen MR) is 60.2 cm³/mol. The Bertz CT molecular complexity index is 395. The Kier molecular flexibility index (Phi) is 2.75. The van der Waals surface area contributed by atoms with Crippen LogP contribution in [-0.2, 0) is 0 Å². The van der Waals surface area contributed by atoms with Crippen molar-refractivity contribution in [3.05, 3.63) is 22.2 Å². The summed E-state index contributed by atoms with van der Waals surface area (Å²) in [5.41, 5.74) is -0.0632. The number of aryl methyl sites for hydroxylation is 1. The van der Waals surface area contributed by atoms with Crippen LogP contribution < -0.4 is 10.5 Å². The molecule has 1 heterocycles. The lowest BCUT2D eigenvalue weighted by Gasteiger charge is -2.21. The minimum atomic E-state index is -0.0632. The van der Waals surface area contributed by atoms with Gasteiger partial charge in [-0.3, -0.25) is 4.79 Å². The number of hydrogen-bond donors (Lipinski definition) is 1. The van der Waals surface area contributed by atoms with E-state index in [0.29, 0.717) is 5.82 Å². The molecular formula is C11H17N3O. The number of nitrogens with one attached hydrogen (secondary N) is 1. The van der Waals surface area contributed by atoms with Crippen molar-refractivity contribution in [2.45, 2.75) is 26.7 Å². The molecule has 4 nitrogen and oxygen atoms in total. The van der Waals surface area contributed by atoms with Gasteiger partial charge in [0.2, 0.25) is 0 Å². The van der Waals surface area contributed by atoms with Crippen molar-refractivity contribution in [1.29, 1.82) is 0 Å². The lowest BCUT2D eigenvalue weighted by atomic mass is 10.3. The van der Waals surface area contributed by atoms with E-state index in [1.807, 2.05) is 6.92 Å². The van der Waals surface area contributed by atoms with Crippen LogP contribution in [0.25, 0.3) is 0 Å². The zero-order valence-corrected chi connectivity index (χ0v) is 9.29. The Hall–Kier alpha value is -1.32. The summed E-state index contributed by atoms with van der Waals surface area (Å²) < 4.78 is 0. The van der Waals surface area contributed by atoms with Gasteiger partial charge in [0.15, 0.2) is 0 Å². The van der Waals surface area contributed by atoms with Gasteiger partial charge in [-0.1, -0.05) is 0 Å². The third-order valence-electron chi connectivity index (χ3n) is 2.73. The van der Waals surface area contributed by atoms with E-state index in [9.17, 15) is 4.79 Å². The maximum atomic E-state index is 11.3. The van der Waals surface area contributed by atoms with Crippen LogP contribution >= 0.6 is 0 Å². The van der Waals surface area contributed by atoms with E-state index in [1.165, 1.54) is 12.8 Å². The molecule has 1 saturated carbocycles. The third-order valence-corrected chi connectivity index (χ3v) is 2.73. The summed E-state index contributed by atoms with van der Waals surface area (Å²) in [7, 11) is 0. The molecule has 0 spiro atoms. The molecule has 82 valence electrons. The van der Waals surface area contributed by atoms with Crippen LogP contribution in [0, 0.1) is 12.8 Å². The maximum absolute atomic E-state index is 11.3. The molecule has 0 bridgehead atoms. The lowest BCUT2D eigenvalue weighted by Crippen LogP contribution is -2.28. The maximum Gasteiger partial charge on any atom is 0.252 e. The first-order chi connectivity index (χ1) is 7.19. The van der Waals surface area contributed by atoms with Gasteiger partial charge >= 0.3 is 0 Å². The Balaban J connectivity index is 2.20. The topological polar surface area (TPSA) is 49.0 Å². The van der Waals surface area contributed by atoms with Crippen molar-refractivity contribution in [3.8, 4) is 0 Å². The normalized spacial score (nSPS) is 15.3. The molecule has 2 rings (SSSR count). The largest absolute Gasteiger partial charge is 0.356 e. The molecule has 0 amide bonds. The summed E-state index contributed by atoms with van der Waals surface area (Å²) >= 11 is 0. The molecule has 1 aromatic rings. The van der Waals surface area contributed by atoms with Crippen molar-refractivity contribution in [3.63, 3.8) is 0 Å². The van der Waals surface area contributed by atoms with E-state index in [2.05, 4.69) is 21.8 Å². The van der Waals surface area contributed by atoms with E-state index in [-0.39, 0.29) is 5.56 Å². The second-order valence-corrected chi connectivity index (χ2v) is 4.17. The van der Waals surface area contributed by atoms with E-state index < -0.39 is 0 Å². The molecule has 1 aliphatic carbocycles. The number of aromatic nitrogens is 2. The molecular weight excluding hydrogens is 190 g/mol. The van der Waals surface area contributed by atoms with Crippen LogP contribution in [0.15, 0.2) is 10.9 Å². The molecule has 0 atom stereocenters. The highest BCUT2D eigenvalue weighted by molar-refractivity contribution is 5.37. The summed E-state index contributed by atoms with van der Waals surface area (Å²) in [5.74, 6) is 2.31. The van der Waals surface area contributed by atoms with Gasteiger partial charge in [-0.2, -0.15) is 0 Å². The number of H-pyrrole nitrogens is 1. The SMILES string of the molecule is CCN(CC1CC1)c1cc(=O)[nH]c(C)n1. The minimum Gasteiger partial charge on any atom is -0.356 e. The molecule has 1 N–H and O–H groups in total. The van der Waals surface area contributed by atoms with Gasteiger partial charge in [-0.05, 0) is 32.6 Å². The fourth-order valence-electron chi connectivity index (χ4n) is 1.72. The van der Waals surface area contributed by atoms with Crippen molar-refractivity contribution in [1.82, 2.24) is 9.97 Å². The lowest BCUT2D eigenvalue weighted by molar-refractivity contribution is 0.727. The number of hydrogen-bond acceptors (Lipinski definition) is 3. The van der Waals surface area contributed by atoms with Gasteiger partial charge in [0.1, 0.15) is 11.6 Å². The Labute approximate surface area is 89.3 Å². The molecule has 15 heavy (non-hydrogen) atoms. The predicted octanol–water partition coefficient (Wildman–Crippen LogP) is 1.31. The third kappa shape index (κ3) is 2.58. The Morgan fingerprint density at radius 3 is 2.87 bits per heavy atom. The van der Waals surface area contributed by atoms with Crippen LogP contribution in [-0.4, -0.2) is 23.1 Å². The Morgan fingerprint density at radius 2 is 2.33 bits per heavy atom. The average Bonchev–Trinajstić information content (AvgIpc) is 2.96. The van der Waals surface area contributed by atoms with E-state index in [4.69, 9.17) is 0 Å². The van der Waals surface area contributed by atoms with Crippen LogP contribution in [0.2, 0.25) is 0 Å². The van der Waals surface area contributed by atoms with Gasteiger partial charge in [-0.25, -0.2) is 4.98 Å². The summed E-state index contributed by atoms with van der Waals surface area (Å²) in [6.07, 6.45) is 2.64. The van der Waals surface area contributed by atoms with Crippen LogP contribution in [0.4, 0.5) is 5.82 Å². The Morgan fingerprint density at radius 1 is 1.60 bits per heavy atom. The first-order valence-corrected chi connectivity index (χ1v) is 5.52. The van der Waals surface area contributed by atoms with Gasteiger partial charge < -0.3 is 9.88 Å². The van der Waals surface area contributed by atoms with E-state index in [0.717, 1.165) is 24.8 Å². The molecule has 0 radical (unpaired) electrons. The number of nitrogens with zero attached hydrogens (tertiary/aromatic N) is 2. The number of anilines is 1. The summed E-state index contributed by atoms with van der Waals surface area (Å²) in [4.78, 5) is 20.5. The van der Waals surface area contributed by atoms with Crippen molar-refractivity contribution in [2.75, 3.05) is 18.0 Å². The molecule has 1 aliphatic rings. The zero-order chi connectivity index (χ0) is 10.8. The highest BCUT2D eigenvalue weighted by Crippen LogP contribution is 2.30. The molecule has 0 saturated heterocycles. The van der Waals surface area contributed by atoms with E-state index >= 15 is 0 Å². The quantitative estimate of drug-likeness (QED) is 0.810. The molecule has 0 aromatic carbocycles. The highest BCUT2D eigenvalue weighted by atomic mass is 16.1. The second-order valence-electron chi connectivity index (χ2n) is 4.17. The number of aromatic amines is 1. The molecule has 0 unspecified atom stereocenters. The number of rotatable bonds is 4. The van der Waals surface area contributed by atoms with Crippen LogP contribution in [0.5, 0.6) is 0 Å². The summed E-state index contributed by atoms with van der Waals surface area (Å²) in [6.45, 7) is 5.86.